The van der Waals surface area contributed by atoms with E-state index in [-0.39, 0.29) is 0 Å². The number of ether oxygens (including phenoxy) is 1. The third kappa shape index (κ3) is 5.86. The summed E-state index contributed by atoms with van der Waals surface area (Å²) in [5.74, 6) is 0.900. The molecule has 0 saturated heterocycles. The maximum atomic E-state index is 5.81. The van der Waals surface area contributed by atoms with Gasteiger partial charge >= 0.3 is 0 Å². The Kier molecular flexibility index (Phi) is 7.07. The first-order chi connectivity index (χ1) is 11.6. The van der Waals surface area contributed by atoms with E-state index in [0.29, 0.717) is 6.61 Å². The molecule has 0 heterocycles. The second-order valence-electron chi connectivity index (χ2n) is 5.80. The van der Waals surface area contributed by atoms with E-state index >= 15 is 0 Å². The second kappa shape index (κ2) is 9.29. The minimum Gasteiger partial charge on any atom is -0.488 e. The van der Waals surface area contributed by atoms with Crippen LogP contribution in [0.25, 0.3) is 0 Å². The summed E-state index contributed by atoms with van der Waals surface area (Å²) in [4.78, 5) is 0. The van der Waals surface area contributed by atoms with Crippen LogP contribution >= 0.6 is 15.9 Å². The molecule has 124 valence electrons. The topological polar surface area (TPSA) is 9.23 Å². The summed E-state index contributed by atoms with van der Waals surface area (Å²) in [6.45, 7) is 6.88. The molecule has 0 spiro atoms. The van der Waals surface area contributed by atoms with Gasteiger partial charge < -0.3 is 4.74 Å². The zero-order chi connectivity index (χ0) is 17.4. The minimum atomic E-state index is 0.599. The summed E-state index contributed by atoms with van der Waals surface area (Å²) in [6.07, 6.45) is 0. The van der Waals surface area contributed by atoms with Crippen LogP contribution in [0.5, 0.6) is 5.75 Å². The van der Waals surface area contributed by atoms with Crippen molar-refractivity contribution in [2.45, 2.75) is 27.4 Å². The van der Waals surface area contributed by atoms with Crippen LogP contribution in [-0.2, 0) is 6.61 Å². The van der Waals surface area contributed by atoms with Crippen molar-refractivity contribution < 1.29 is 4.74 Å². The van der Waals surface area contributed by atoms with Gasteiger partial charge in [0.25, 0.3) is 0 Å². The maximum Gasteiger partial charge on any atom is 0.134 e. The first kappa shape index (κ1) is 18.3. The third-order valence-corrected chi connectivity index (χ3v) is 4.35. The van der Waals surface area contributed by atoms with E-state index in [9.17, 15) is 0 Å². The van der Waals surface area contributed by atoms with E-state index in [0.717, 1.165) is 10.2 Å². The summed E-state index contributed by atoms with van der Waals surface area (Å²) >= 11 is 3.53. The monoisotopic (exact) mass is 382 g/mol. The van der Waals surface area contributed by atoms with Crippen LogP contribution in [0, 0.1) is 20.8 Å². The summed E-state index contributed by atoms with van der Waals surface area (Å²) < 4.78 is 6.82. The molecule has 3 rings (SSSR count). The average molecular weight is 383 g/mol. The van der Waals surface area contributed by atoms with Crippen molar-refractivity contribution in [1.82, 2.24) is 0 Å². The quantitative estimate of drug-likeness (QED) is 0.493. The molecule has 0 bridgehead atoms. The van der Waals surface area contributed by atoms with Crippen LogP contribution in [0.15, 0.2) is 77.3 Å². The molecule has 0 atom stereocenters. The van der Waals surface area contributed by atoms with Gasteiger partial charge in [-0.25, -0.2) is 0 Å². The molecule has 0 unspecified atom stereocenters. The lowest BCUT2D eigenvalue weighted by atomic mass is 10.1. The number of benzene rings is 3. The Hall–Kier alpha value is -2.06. The van der Waals surface area contributed by atoms with Gasteiger partial charge in [0, 0.05) is 0 Å². The number of halogens is 1. The van der Waals surface area contributed by atoms with Crippen LogP contribution in [0.2, 0.25) is 0 Å². The molecule has 0 N–H and O–H groups in total. The standard InChI is InChI=1S/C15H15BrO.C7H8/c1-11-8-14(16)15(9-12(11)2)17-10-13-6-4-3-5-7-13;1-7-5-3-2-4-6-7/h3-9H,10H2,1-2H3;2-6H,1H3. The van der Waals surface area contributed by atoms with Gasteiger partial charge in [-0.05, 0) is 65.5 Å². The molecule has 3 aromatic carbocycles. The Morgan fingerprint density at radius 3 is 1.83 bits per heavy atom. The molecule has 0 aromatic heterocycles. The fraction of sp³-hybridized carbons (Fsp3) is 0.182. The van der Waals surface area contributed by atoms with E-state index in [2.05, 4.69) is 73.1 Å². The Morgan fingerprint density at radius 2 is 1.29 bits per heavy atom. The summed E-state index contributed by atoms with van der Waals surface area (Å²) in [7, 11) is 0. The van der Waals surface area contributed by atoms with E-state index in [4.69, 9.17) is 4.74 Å². The Morgan fingerprint density at radius 1 is 0.750 bits per heavy atom. The zero-order valence-electron chi connectivity index (χ0n) is 14.4. The lowest BCUT2D eigenvalue weighted by Gasteiger charge is -2.10. The lowest BCUT2D eigenvalue weighted by molar-refractivity contribution is 0.304. The van der Waals surface area contributed by atoms with E-state index in [1.165, 1.54) is 22.3 Å². The molecule has 0 radical (unpaired) electrons. The average Bonchev–Trinajstić information content (AvgIpc) is 2.59. The largest absolute Gasteiger partial charge is 0.488 e. The fourth-order valence-corrected chi connectivity index (χ4v) is 2.71. The molecule has 2 heteroatoms. The summed E-state index contributed by atoms with van der Waals surface area (Å²) in [5, 5.41) is 0. The number of rotatable bonds is 3. The first-order valence-corrected chi connectivity index (χ1v) is 8.80. The molecule has 0 amide bonds. The highest BCUT2D eigenvalue weighted by molar-refractivity contribution is 9.10. The molecule has 0 saturated carbocycles. The highest BCUT2D eigenvalue weighted by Gasteiger charge is 2.04. The smallest absolute Gasteiger partial charge is 0.134 e. The SMILES string of the molecule is Cc1cc(Br)c(OCc2ccccc2)cc1C.Cc1ccccc1. The van der Waals surface area contributed by atoms with Crippen molar-refractivity contribution in [2.24, 2.45) is 0 Å². The molecular formula is C22H23BrO. The van der Waals surface area contributed by atoms with Crippen molar-refractivity contribution in [3.63, 3.8) is 0 Å². The van der Waals surface area contributed by atoms with E-state index in [1.54, 1.807) is 0 Å². The maximum absolute atomic E-state index is 5.81. The highest BCUT2D eigenvalue weighted by atomic mass is 79.9. The van der Waals surface area contributed by atoms with Crippen molar-refractivity contribution in [3.8, 4) is 5.75 Å². The number of hydrogen-bond donors (Lipinski definition) is 0. The lowest BCUT2D eigenvalue weighted by Crippen LogP contribution is -1.96. The van der Waals surface area contributed by atoms with E-state index in [1.807, 2.05) is 36.4 Å². The Balaban J connectivity index is 0.000000249. The van der Waals surface area contributed by atoms with Gasteiger partial charge in [-0.15, -0.1) is 0 Å². The number of aryl methyl sites for hydroxylation is 3. The predicted octanol–water partition coefficient (Wildman–Crippen LogP) is 6.64. The van der Waals surface area contributed by atoms with Gasteiger partial charge in [-0.2, -0.15) is 0 Å². The van der Waals surface area contributed by atoms with Crippen molar-refractivity contribution in [2.75, 3.05) is 0 Å². The van der Waals surface area contributed by atoms with Crippen molar-refractivity contribution in [1.29, 1.82) is 0 Å². The van der Waals surface area contributed by atoms with Gasteiger partial charge in [0.1, 0.15) is 12.4 Å². The summed E-state index contributed by atoms with van der Waals surface area (Å²) in [5.41, 5.74) is 5.01. The predicted molar refractivity (Wildman–Crippen MR) is 106 cm³/mol. The van der Waals surface area contributed by atoms with Crippen molar-refractivity contribution in [3.05, 3.63) is 99.5 Å². The number of hydrogen-bond acceptors (Lipinski definition) is 1. The van der Waals surface area contributed by atoms with Crippen LogP contribution in [-0.4, -0.2) is 0 Å². The van der Waals surface area contributed by atoms with Crippen LogP contribution in [0.3, 0.4) is 0 Å². The highest BCUT2D eigenvalue weighted by Crippen LogP contribution is 2.28. The molecule has 1 nitrogen and oxygen atoms in total. The molecule has 0 aliphatic rings. The molecule has 0 aliphatic carbocycles. The molecule has 0 aliphatic heterocycles. The fourth-order valence-electron chi connectivity index (χ4n) is 2.13. The molecular weight excluding hydrogens is 360 g/mol. The Labute approximate surface area is 153 Å². The van der Waals surface area contributed by atoms with Crippen LogP contribution in [0.4, 0.5) is 0 Å². The minimum absolute atomic E-state index is 0.599. The molecule has 3 aromatic rings. The van der Waals surface area contributed by atoms with Gasteiger partial charge in [-0.1, -0.05) is 66.2 Å². The molecule has 0 fully saturated rings. The van der Waals surface area contributed by atoms with Gasteiger partial charge in [0.2, 0.25) is 0 Å². The van der Waals surface area contributed by atoms with Crippen LogP contribution < -0.4 is 4.74 Å². The van der Waals surface area contributed by atoms with E-state index < -0.39 is 0 Å². The second-order valence-corrected chi connectivity index (χ2v) is 6.65. The summed E-state index contributed by atoms with van der Waals surface area (Å²) in [6, 6.07) is 24.6. The van der Waals surface area contributed by atoms with Gasteiger partial charge in [0.15, 0.2) is 0 Å². The van der Waals surface area contributed by atoms with Crippen molar-refractivity contribution >= 4 is 15.9 Å². The third-order valence-electron chi connectivity index (χ3n) is 3.73. The first-order valence-electron chi connectivity index (χ1n) is 8.01. The zero-order valence-corrected chi connectivity index (χ0v) is 16.0. The Bertz CT molecular complexity index is 752. The van der Waals surface area contributed by atoms with Gasteiger partial charge in [0.05, 0.1) is 4.47 Å². The molecule has 24 heavy (non-hydrogen) atoms. The normalized spacial score (nSPS) is 9.83. The van der Waals surface area contributed by atoms with Gasteiger partial charge in [-0.3, -0.25) is 0 Å². The van der Waals surface area contributed by atoms with Crippen LogP contribution in [0.1, 0.15) is 22.3 Å².